The molecule has 1 aromatic rings. The quantitative estimate of drug-likeness (QED) is 0.828. The standard InChI is InChI=1S/C14H21N3O3S/c1-16(2)14-6-5-12(9-15-14)21(18,19)17-7-8-20-13(10-17)11-3-4-11/h5-6,9,11,13H,3-4,7-8,10H2,1-2H3. The largest absolute Gasteiger partial charge is 0.375 e. The van der Waals surface area contributed by atoms with Gasteiger partial charge >= 0.3 is 0 Å². The molecule has 0 spiro atoms. The number of ether oxygens (including phenoxy) is 1. The van der Waals surface area contributed by atoms with Crippen LogP contribution in [0.1, 0.15) is 12.8 Å². The first-order valence-electron chi connectivity index (χ1n) is 7.23. The predicted molar refractivity (Wildman–Crippen MR) is 79.8 cm³/mol. The molecule has 1 saturated heterocycles. The van der Waals surface area contributed by atoms with Gasteiger partial charge in [0.1, 0.15) is 10.7 Å². The lowest BCUT2D eigenvalue weighted by Gasteiger charge is -2.32. The molecule has 0 amide bonds. The number of pyridine rings is 1. The summed E-state index contributed by atoms with van der Waals surface area (Å²) in [5.41, 5.74) is 0. The van der Waals surface area contributed by atoms with E-state index in [1.54, 1.807) is 12.1 Å². The summed E-state index contributed by atoms with van der Waals surface area (Å²) in [6.07, 6.45) is 3.80. The van der Waals surface area contributed by atoms with Crippen molar-refractivity contribution in [2.75, 3.05) is 38.7 Å². The van der Waals surface area contributed by atoms with Gasteiger partial charge in [-0.15, -0.1) is 0 Å². The first-order chi connectivity index (χ1) is 9.98. The van der Waals surface area contributed by atoms with E-state index in [4.69, 9.17) is 4.74 Å². The average molecular weight is 311 g/mol. The molecule has 0 bridgehead atoms. The van der Waals surface area contributed by atoms with Gasteiger partial charge in [0, 0.05) is 33.4 Å². The van der Waals surface area contributed by atoms with E-state index >= 15 is 0 Å². The van der Waals surface area contributed by atoms with Gasteiger partial charge in [-0.3, -0.25) is 0 Å². The third kappa shape index (κ3) is 3.04. The molecule has 2 fully saturated rings. The molecule has 1 atom stereocenters. The van der Waals surface area contributed by atoms with Gasteiger partial charge in [-0.25, -0.2) is 13.4 Å². The Balaban J connectivity index is 1.78. The minimum Gasteiger partial charge on any atom is -0.375 e. The van der Waals surface area contributed by atoms with E-state index in [1.807, 2.05) is 19.0 Å². The van der Waals surface area contributed by atoms with Crippen LogP contribution in [0.25, 0.3) is 0 Å². The first-order valence-corrected chi connectivity index (χ1v) is 8.67. The highest BCUT2D eigenvalue weighted by Gasteiger charge is 2.38. The van der Waals surface area contributed by atoms with E-state index in [2.05, 4.69) is 4.98 Å². The van der Waals surface area contributed by atoms with Crippen LogP contribution < -0.4 is 4.90 Å². The zero-order valence-corrected chi connectivity index (χ0v) is 13.2. The molecule has 0 N–H and O–H groups in total. The number of morpholine rings is 1. The second-order valence-corrected chi connectivity index (χ2v) is 7.79. The number of hydrogen-bond donors (Lipinski definition) is 0. The van der Waals surface area contributed by atoms with Gasteiger partial charge in [-0.2, -0.15) is 4.31 Å². The smallest absolute Gasteiger partial charge is 0.244 e. The Morgan fingerprint density at radius 3 is 2.67 bits per heavy atom. The minimum atomic E-state index is -3.47. The molecule has 0 radical (unpaired) electrons. The Morgan fingerprint density at radius 1 is 1.33 bits per heavy atom. The fourth-order valence-corrected chi connectivity index (χ4v) is 3.94. The van der Waals surface area contributed by atoms with Gasteiger partial charge < -0.3 is 9.64 Å². The zero-order chi connectivity index (χ0) is 15.0. The predicted octanol–water partition coefficient (Wildman–Crippen LogP) is 0.947. The molecule has 116 valence electrons. The Kier molecular flexibility index (Phi) is 3.90. The van der Waals surface area contributed by atoms with Gasteiger partial charge in [0.2, 0.25) is 10.0 Å². The Hall–Kier alpha value is -1.18. The monoisotopic (exact) mass is 311 g/mol. The maximum absolute atomic E-state index is 12.7. The highest BCUT2D eigenvalue weighted by Crippen LogP contribution is 2.36. The molecule has 0 aromatic carbocycles. The van der Waals surface area contributed by atoms with Crippen LogP contribution in [-0.2, 0) is 14.8 Å². The second-order valence-electron chi connectivity index (χ2n) is 5.86. The Labute approximate surface area is 125 Å². The third-order valence-electron chi connectivity index (χ3n) is 4.02. The van der Waals surface area contributed by atoms with Crippen molar-refractivity contribution < 1.29 is 13.2 Å². The molecule has 1 aromatic heterocycles. The van der Waals surface area contributed by atoms with E-state index in [1.165, 1.54) is 10.5 Å². The average Bonchev–Trinajstić information content (AvgIpc) is 3.32. The summed E-state index contributed by atoms with van der Waals surface area (Å²) in [6, 6.07) is 3.35. The van der Waals surface area contributed by atoms with Crippen molar-refractivity contribution in [3.63, 3.8) is 0 Å². The van der Waals surface area contributed by atoms with Crippen LogP contribution in [0.5, 0.6) is 0 Å². The second kappa shape index (κ2) is 5.55. The molecule has 1 unspecified atom stereocenters. The highest BCUT2D eigenvalue weighted by molar-refractivity contribution is 7.89. The molecule has 1 aliphatic heterocycles. The van der Waals surface area contributed by atoms with Crippen LogP contribution in [0.2, 0.25) is 0 Å². The van der Waals surface area contributed by atoms with Gasteiger partial charge in [0.05, 0.1) is 12.7 Å². The fraction of sp³-hybridized carbons (Fsp3) is 0.643. The summed E-state index contributed by atoms with van der Waals surface area (Å²) in [7, 11) is 0.277. The summed E-state index contributed by atoms with van der Waals surface area (Å²) in [5, 5.41) is 0. The van der Waals surface area contributed by atoms with Crippen LogP contribution in [0.15, 0.2) is 23.2 Å². The van der Waals surface area contributed by atoms with Gasteiger partial charge in [-0.05, 0) is 30.9 Å². The minimum absolute atomic E-state index is 0.0579. The molecule has 6 nitrogen and oxygen atoms in total. The van der Waals surface area contributed by atoms with Crippen molar-refractivity contribution in [3.05, 3.63) is 18.3 Å². The summed E-state index contributed by atoms with van der Waals surface area (Å²) in [5.74, 6) is 1.28. The van der Waals surface area contributed by atoms with Crippen molar-refractivity contribution in [1.82, 2.24) is 9.29 Å². The van der Waals surface area contributed by atoms with Crippen molar-refractivity contribution in [2.24, 2.45) is 5.92 Å². The Bertz CT molecular complexity index is 596. The number of anilines is 1. The van der Waals surface area contributed by atoms with Crippen LogP contribution in [0.4, 0.5) is 5.82 Å². The van der Waals surface area contributed by atoms with Crippen molar-refractivity contribution in [2.45, 2.75) is 23.8 Å². The molecular weight excluding hydrogens is 290 g/mol. The molecule has 21 heavy (non-hydrogen) atoms. The number of sulfonamides is 1. The van der Waals surface area contributed by atoms with E-state index < -0.39 is 10.0 Å². The number of hydrogen-bond acceptors (Lipinski definition) is 5. The van der Waals surface area contributed by atoms with Crippen LogP contribution in [0, 0.1) is 5.92 Å². The summed E-state index contributed by atoms with van der Waals surface area (Å²) < 4.78 is 32.6. The van der Waals surface area contributed by atoms with E-state index in [9.17, 15) is 8.42 Å². The fourth-order valence-electron chi connectivity index (χ4n) is 2.56. The summed E-state index contributed by atoms with van der Waals surface area (Å²) in [4.78, 5) is 6.29. The lowest BCUT2D eigenvalue weighted by molar-refractivity contribution is -0.0134. The van der Waals surface area contributed by atoms with Gasteiger partial charge in [0.25, 0.3) is 0 Å². The Morgan fingerprint density at radius 2 is 2.10 bits per heavy atom. The normalized spacial score (nSPS) is 24.0. The zero-order valence-electron chi connectivity index (χ0n) is 12.4. The number of nitrogens with zero attached hydrogens (tertiary/aromatic N) is 3. The van der Waals surface area contributed by atoms with E-state index in [-0.39, 0.29) is 11.0 Å². The molecule has 7 heteroatoms. The third-order valence-corrected chi connectivity index (χ3v) is 5.87. The highest BCUT2D eigenvalue weighted by atomic mass is 32.2. The molecule has 2 aliphatic rings. The molecular formula is C14H21N3O3S. The van der Waals surface area contributed by atoms with Crippen molar-refractivity contribution in [3.8, 4) is 0 Å². The topological polar surface area (TPSA) is 62.7 Å². The van der Waals surface area contributed by atoms with Gasteiger partial charge in [-0.1, -0.05) is 0 Å². The molecule has 2 heterocycles. The van der Waals surface area contributed by atoms with Crippen LogP contribution >= 0.6 is 0 Å². The molecule has 3 rings (SSSR count). The first kappa shape index (κ1) is 14.7. The van der Waals surface area contributed by atoms with E-state index in [0.29, 0.717) is 25.6 Å². The van der Waals surface area contributed by atoms with Crippen LogP contribution in [0.3, 0.4) is 0 Å². The van der Waals surface area contributed by atoms with Crippen molar-refractivity contribution in [1.29, 1.82) is 0 Å². The summed E-state index contributed by atoms with van der Waals surface area (Å²) in [6.45, 7) is 1.35. The van der Waals surface area contributed by atoms with Gasteiger partial charge in [0.15, 0.2) is 0 Å². The number of rotatable bonds is 4. The maximum Gasteiger partial charge on any atom is 0.244 e. The lowest BCUT2D eigenvalue weighted by atomic mass is 10.2. The van der Waals surface area contributed by atoms with E-state index in [0.717, 1.165) is 18.7 Å². The number of aromatic nitrogens is 1. The van der Waals surface area contributed by atoms with Crippen LogP contribution in [-0.4, -0.2) is 57.6 Å². The van der Waals surface area contributed by atoms with Crippen molar-refractivity contribution >= 4 is 15.8 Å². The molecule has 1 aliphatic carbocycles. The maximum atomic E-state index is 12.7. The molecule has 1 saturated carbocycles. The SMILES string of the molecule is CN(C)c1ccc(S(=O)(=O)N2CCOC(C3CC3)C2)cn1. The lowest BCUT2D eigenvalue weighted by Crippen LogP contribution is -2.46. The summed E-state index contributed by atoms with van der Waals surface area (Å²) >= 11 is 0.